The van der Waals surface area contributed by atoms with E-state index in [2.05, 4.69) is 20.4 Å². The molecular weight excluding hydrogens is 568 g/mol. The van der Waals surface area contributed by atoms with E-state index in [-0.39, 0.29) is 21.8 Å². The molecule has 1 aliphatic rings. The van der Waals surface area contributed by atoms with Gasteiger partial charge in [0.1, 0.15) is 11.9 Å². The molecule has 1 unspecified atom stereocenters. The number of amides is 1. The van der Waals surface area contributed by atoms with Crippen LogP contribution in [-0.4, -0.2) is 27.6 Å². The number of hydrogen-bond acceptors (Lipinski definition) is 7. The van der Waals surface area contributed by atoms with Crippen molar-refractivity contribution in [1.82, 2.24) is 20.4 Å². The molecule has 1 amide bonds. The number of aryl methyl sites for hydroxylation is 1. The molecule has 4 aromatic rings. The number of anilines is 1. The molecule has 1 fully saturated rings. The first kappa shape index (κ1) is 28.8. The predicted octanol–water partition coefficient (Wildman–Crippen LogP) is 7.31. The number of rotatable bonds is 8. The van der Waals surface area contributed by atoms with E-state index >= 15 is 0 Å². The Bertz CT molecular complexity index is 1540. The van der Waals surface area contributed by atoms with E-state index in [1.165, 1.54) is 12.1 Å². The largest absolute Gasteiger partial charge is 0.482 e. The molecule has 0 bridgehead atoms. The summed E-state index contributed by atoms with van der Waals surface area (Å²) in [6.07, 6.45) is 4.87. The van der Waals surface area contributed by atoms with Crippen molar-refractivity contribution in [3.8, 4) is 16.9 Å². The quantitative estimate of drug-likeness (QED) is 0.204. The van der Waals surface area contributed by atoms with Gasteiger partial charge in [0.05, 0.1) is 5.02 Å². The Morgan fingerprint density at radius 1 is 1.15 bits per heavy atom. The number of nitrogens with zero attached hydrogens (tertiary/aromatic N) is 3. The van der Waals surface area contributed by atoms with Crippen LogP contribution in [0.15, 0.2) is 53.2 Å². The van der Waals surface area contributed by atoms with Crippen molar-refractivity contribution in [3.63, 3.8) is 0 Å². The lowest BCUT2D eigenvalue weighted by atomic mass is 9.82. The Morgan fingerprint density at radius 3 is 2.56 bits per heavy atom. The minimum absolute atomic E-state index is 0.104. The average molecular weight is 599 g/mol. The number of nitrogens with two attached hydrogens (primary N) is 1. The van der Waals surface area contributed by atoms with Crippen LogP contribution < -0.4 is 15.8 Å². The van der Waals surface area contributed by atoms with Crippen LogP contribution in [0, 0.1) is 18.7 Å². The van der Waals surface area contributed by atoms with Crippen LogP contribution in [0.25, 0.3) is 11.1 Å². The Kier molecular flexibility index (Phi) is 8.75. The number of carbonyl (C=O) groups is 1. The SMILES string of the molecule is Cc1noc(C2CCC(CNC(=O)c3ccc(-c4cnc(N)c(OC(C)c5c(Cl)ccc(F)c5Cl)c4)cc3)CC2)n1. The second-order valence-electron chi connectivity index (χ2n) is 10.3. The fourth-order valence-electron chi connectivity index (χ4n) is 5.12. The molecule has 2 aromatic carbocycles. The van der Waals surface area contributed by atoms with Gasteiger partial charge < -0.3 is 20.3 Å². The first-order valence-electron chi connectivity index (χ1n) is 13.4. The molecule has 0 saturated heterocycles. The summed E-state index contributed by atoms with van der Waals surface area (Å²) in [5.41, 5.74) is 8.50. The summed E-state index contributed by atoms with van der Waals surface area (Å²) in [5, 5.41) is 7.14. The van der Waals surface area contributed by atoms with E-state index in [4.69, 9.17) is 38.2 Å². The van der Waals surface area contributed by atoms with Crippen molar-refractivity contribution < 1.29 is 18.4 Å². The van der Waals surface area contributed by atoms with Gasteiger partial charge in [0.25, 0.3) is 5.91 Å². The van der Waals surface area contributed by atoms with Gasteiger partial charge >= 0.3 is 0 Å². The molecule has 5 rings (SSSR count). The smallest absolute Gasteiger partial charge is 0.251 e. The minimum atomic E-state index is -0.686. The molecule has 0 aliphatic heterocycles. The highest BCUT2D eigenvalue weighted by molar-refractivity contribution is 6.36. The predicted molar refractivity (Wildman–Crippen MR) is 156 cm³/mol. The van der Waals surface area contributed by atoms with Gasteiger partial charge in [-0.1, -0.05) is 40.5 Å². The summed E-state index contributed by atoms with van der Waals surface area (Å²) in [4.78, 5) is 21.4. The van der Waals surface area contributed by atoms with E-state index in [0.717, 1.165) is 42.7 Å². The third kappa shape index (κ3) is 6.63. The molecule has 0 spiro atoms. The van der Waals surface area contributed by atoms with E-state index in [1.54, 1.807) is 31.3 Å². The number of pyridine rings is 1. The standard InChI is InChI=1S/C30H30Cl2FN5O3/c1-16(26-23(31)11-12-24(33)27(26)32)40-25-13-22(15-35-28(25)34)19-7-9-20(10-8-19)29(39)36-14-18-3-5-21(6-4-18)30-37-17(2)38-41-30/h7-13,15-16,18,21H,3-6,14H2,1-2H3,(H2,34,35)(H,36,39). The Hall–Kier alpha value is -3.69. The number of nitrogens with one attached hydrogen (secondary N) is 1. The number of halogens is 3. The molecule has 41 heavy (non-hydrogen) atoms. The van der Waals surface area contributed by atoms with Gasteiger partial charge in [0.2, 0.25) is 5.89 Å². The highest BCUT2D eigenvalue weighted by Gasteiger charge is 2.26. The molecule has 1 saturated carbocycles. The minimum Gasteiger partial charge on any atom is -0.482 e. The molecule has 214 valence electrons. The van der Waals surface area contributed by atoms with Crippen molar-refractivity contribution in [3.05, 3.63) is 87.4 Å². The zero-order valence-electron chi connectivity index (χ0n) is 22.7. The summed E-state index contributed by atoms with van der Waals surface area (Å²) >= 11 is 12.4. The first-order valence-corrected chi connectivity index (χ1v) is 14.2. The normalized spacial score (nSPS) is 17.7. The van der Waals surface area contributed by atoms with Crippen molar-refractivity contribution in [2.45, 2.75) is 51.6 Å². The lowest BCUT2D eigenvalue weighted by Crippen LogP contribution is -2.31. The van der Waals surface area contributed by atoms with Crippen LogP contribution in [0.5, 0.6) is 5.75 Å². The summed E-state index contributed by atoms with van der Waals surface area (Å²) in [5.74, 6) is 1.85. The third-order valence-electron chi connectivity index (χ3n) is 7.44. The van der Waals surface area contributed by atoms with Gasteiger partial charge in [-0.25, -0.2) is 9.37 Å². The van der Waals surface area contributed by atoms with Crippen molar-refractivity contribution in [1.29, 1.82) is 0 Å². The molecule has 11 heteroatoms. The van der Waals surface area contributed by atoms with Gasteiger partial charge in [-0.15, -0.1) is 0 Å². The van der Waals surface area contributed by atoms with E-state index in [9.17, 15) is 9.18 Å². The summed E-state index contributed by atoms with van der Waals surface area (Å²) in [6, 6.07) is 11.6. The number of carbonyl (C=O) groups excluding carboxylic acids is 1. The highest BCUT2D eigenvalue weighted by atomic mass is 35.5. The van der Waals surface area contributed by atoms with Crippen molar-refractivity contribution >= 4 is 34.9 Å². The molecule has 2 heterocycles. The molecule has 3 N–H and O–H groups in total. The topological polar surface area (TPSA) is 116 Å². The fraction of sp³-hybridized carbons (Fsp3) is 0.333. The fourth-order valence-corrected chi connectivity index (χ4v) is 5.80. The molecule has 8 nitrogen and oxygen atoms in total. The van der Waals surface area contributed by atoms with E-state index < -0.39 is 11.9 Å². The van der Waals surface area contributed by atoms with Crippen LogP contribution in [0.1, 0.15) is 72.3 Å². The summed E-state index contributed by atoms with van der Waals surface area (Å²) in [7, 11) is 0. The van der Waals surface area contributed by atoms with Crippen molar-refractivity contribution in [2.75, 3.05) is 12.3 Å². The number of hydrogen-bond donors (Lipinski definition) is 2. The van der Waals surface area contributed by atoms with E-state index in [1.807, 2.05) is 19.1 Å². The lowest BCUT2D eigenvalue weighted by molar-refractivity contribution is 0.0942. The maximum absolute atomic E-state index is 14.0. The molecule has 0 radical (unpaired) electrons. The van der Waals surface area contributed by atoms with Gasteiger partial charge in [0.15, 0.2) is 17.4 Å². The zero-order chi connectivity index (χ0) is 29.1. The number of benzene rings is 2. The highest BCUT2D eigenvalue weighted by Crippen LogP contribution is 2.37. The van der Waals surface area contributed by atoms with Gasteiger partial charge in [-0.2, -0.15) is 4.98 Å². The van der Waals surface area contributed by atoms with Crippen molar-refractivity contribution in [2.24, 2.45) is 5.92 Å². The maximum atomic E-state index is 14.0. The monoisotopic (exact) mass is 597 g/mol. The number of aromatic nitrogens is 3. The average Bonchev–Trinajstić information content (AvgIpc) is 3.41. The maximum Gasteiger partial charge on any atom is 0.251 e. The Morgan fingerprint density at radius 2 is 1.88 bits per heavy atom. The summed E-state index contributed by atoms with van der Waals surface area (Å²) in [6.45, 7) is 4.15. The molecule has 1 aliphatic carbocycles. The lowest BCUT2D eigenvalue weighted by Gasteiger charge is -2.26. The van der Waals surface area contributed by atoms with Gasteiger partial charge in [-0.05, 0) is 81.3 Å². The number of nitrogen functional groups attached to an aromatic ring is 1. The second-order valence-corrected chi connectivity index (χ2v) is 11.1. The Balaban J connectivity index is 1.19. The number of ether oxygens (including phenoxy) is 1. The van der Waals surface area contributed by atoms with Crippen LogP contribution in [-0.2, 0) is 0 Å². The third-order valence-corrected chi connectivity index (χ3v) is 8.16. The van der Waals surface area contributed by atoms with Crippen LogP contribution >= 0.6 is 23.2 Å². The molecule has 1 atom stereocenters. The molecular formula is C30H30Cl2FN5O3. The van der Waals surface area contributed by atoms with Crippen LogP contribution in [0.4, 0.5) is 10.2 Å². The summed E-state index contributed by atoms with van der Waals surface area (Å²) < 4.78 is 25.3. The van der Waals surface area contributed by atoms with Gasteiger partial charge in [-0.3, -0.25) is 4.79 Å². The van der Waals surface area contributed by atoms with Gasteiger partial charge in [0, 0.05) is 40.4 Å². The molecule has 2 aromatic heterocycles. The Labute approximate surface area is 247 Å². The van der Waals surface area contributed by atoms with Crippen LogP contribution in [0.2, 0.25) is 10.0 Å². The van der Waals surface area contributed by atoms with E-state index in [0.29, 0.717) is 41.1 Å². The second kappa shape index (κ2) is 12.4. The van der Waals surface area contributed by atoms with Crippen LogP contribution in [0.3, 0.4) is 0 Å². The first-order chi connectivity index (χ1) is 19.7. The zero-order valence-corrected chi connectivity index (χ0v) is 24.2.